The quantitative estimate of drug-likeness (QED) is 0.379. The molecule has 5 rings (SSSR count). The number of aromatic nitrogens is 3. The minimum absolute atomic E-state index is 0.0797. The number of benzene rings is 1. The molecule has 0 aliphatic heterocycles. The van der Waals surface area contributed by atoms with E-state index in [0.29, 0.717) is 42.6 Å². The second-order valence-electron chi connectivity index (χ2n) is 8.31. The highest BCUT2D eigenvalue weighted by atomic mass is 32.1. The molecule has 3 heterocycles. The summed E-state index contributed by atoms with van der Waals surface area (Å²) in [4.78, 5) is 18.6. The summed E-state index contributed by atoms with van der Waals surface area (Å²) >= 11 is 1.62. The van der Waals surface area contributed by atoms with Crippen LogP contribution in [0.3, 0.4) is 0 Å². The molecule has 0 amide bonds. The summed E-state index contributed by atoms with van der Waals surface area (Å²) in [6, 6.07) is 6.29. The molecule has 1 fully saturated rings. The Bertz CT molecular complexity index is 1340. The Kier molecular flexibility index (Phi) is 5.35. The average Bonchev–Trinajstić information content (AvgIpc) is 3.37. The fraction of sp³-hybridized carbons (Fsp3) is 0.375. The van der Waals surface area contributed by atoms with E-state index in [4.69, 9.17) is 15.2 Å². The number of Topliss-reactive ketones (excluding diaryl/α,β-unsaturated/α-hetero) is 1. The zero-order valence-corrected chi connectivity index (χ0v) is 19.3. The summed E-state index contributed by atoms with van der Waals surface area (Å²) in [5.41, 5.74) is 10.4. The van der Waals surface area contributed by atoms with Crippen LogP contribution in [-0.2, 0) is 11.3 Å². The Balaban J connectivity index is 1.80. The molecular formula is C24H26N4O3S. The van der Waals surface area contributed by atoms with E-state index in [1.165, 1.54) is 6.33 Å². The van der Waals surface area contributed by atoms with Crippen molar-refractivity contribution in [2.24, 2.45) is 5.92 Å². The largest absolute Gasteiger partial charge is 0.495 e. The van der Waals surface area contributed by atoms with Crippen molar-refractivity contribution in [1.29, 1.82) is 0 Å². The molecule has 1 aromatic carbocycles. The minimum Gasteiger partial charge on any atom is -0.495 e. The molecule has 1 aliphatic carbocycles. The number of thiophene rings is 1. The van der Waals surface area contributed by atoms with E-state index in [2.05, 4.69) is 22.2 Å². The van der Waals surface area contributed by atoms with Crippen molar-refractivity contribution in [1.82, 2.24) is 14.6 Å². The molecule has 4 aromatic rings. The van der Waals surface area contributed by atoms with Gasteiger partial charge < -0.3 is 15.2 Å². The Labute approximate surface area is 190 Å². The van der Waals surface area contributed by atoms with Crippen molar-refractivity contribution in [2.75, 3.05) is 19.5 Å². The van der Waals surface area contributed by atoms with Gasteiger partial charge in [-0.25, -0.2) is 9.50 Å². The zero-order chi connectivity index (χ0) is 22.4. The van der Waals surface area contributed by atoms with Crippen molar-refractivity contribution >= 4 is 38.5 Å². The van der Waals surface area contributed by atoms with Crippen molar-refractivity contribution in [2.45, 2.75) is 39.7 Å². The van der Waals surface area contributed by atoms with Gasteiger partial charge in [0.25, 0.3) is 0 Å². The summed E-state index contributed by atoms with van der Waals surface area (Å²) in [5.74, 6) is 1.72. The molecular weight excluding hydrogens is 424 g/mol. The first-order chi connectivity index (χ1) is 15.5. The van der Waals surface area contributed by atoms with Crippen LogP contribution in [0.15, 0.2) is 24.5 Å². The number of carbonyl (C=O) groups excluding carboxylic acids is 1. The third kappa shape index (κ3) is 3.53. The van der Waals surface area contributed by atoms with Crippen LogP contribution in [0, 0.1) is 12.8 Å². The number of hydrogen-bond acceptors (Lipinski definition) is 7. The Morgan fingerprint density at radius 1 is 1.31 bits per heavy atom. The number of nitrogen functional groups attached to an aromatic ring is 1. The van der Waals surface area contributed by atoms with Gasteiger partial charge in [-0.05, 0) is 55.7 Å². The lowest BCUT2D eigenvalue weighted by molar-refractivity contribution is 0.0958. The molecule has 0 atom stereocenters. The number of aryl methyl sites for hydroxylation is 1. The number of rotatable bonds is 8. The molecule has 166 valence electrons. The highest BCUT2D eigenvalue weighted by Gasteiger charge is 2.32. The van der Waals surface area contributed by atoms with E-state index in [0.717, 1.165) is 50.2 Å². The third-order valence-corrected chi connectivity index (χ3v) is 7.12. The standard InChI is InChI=1S/C24H26N4O3S/c1-4-31-11-16-20(19-10-15-7-13(2)8-18(30-3)23(15)32-19)22-24(25)26-12-27-28(22)21(16)17(29)9-14-5-6-14/h7-8,10,12,14H,4-6,9,11H2,1-3H3,(H2,25,26,27). The molecule has 3 aromatic heterocycles. The summed E-state index contributed by atoms with van der Waals surface area (Å²) in [6.07, 6.45) is 4.14. The summed E-state index contributed by atoms with van der Waals surface area (Å²) < 4.78 is 14.2. The van der Waals surface area contributed by atoms with Gasteiger partial charge in [0.05, 0.1) is 18.4 Å². The van der Waals surface area contributed by atoms with Crippen LogP contribution < -0.4 is 10.5 Å². The van der Waals surface area contributed by atoms with Crippen molar-refractivity contribution in [3.8, 4) is 16.2 Å². The molecule has 32 heavy (non-hydrogen) atoms. The molecule has 0 saturated heterocycles. The van der Waals surface area contributed by atoms with E-state index >= 15 is 0 Å². The van der Waals surface area contributed by atoms with Crippen LogP contribution in [0.1, 0.15) is 47.8 Å². The van der Waals surface area contributed by atoms with Crippen LogP contribution in [0.4, 0.5) is 5.82 Å². The monoisotopic (exact) mass is 450 g/mol. The van der Waals surface area contributed by atoms with Crippen LogP contribution in [0.5, 0.6) is 5.75 Å². The maximum atomic E-state index is 13.4. The molecule has 0 radical (unpaired) electrons. The molecule has 2 N–H and O–H groups in total. The Morgan fingerprint density at radius 2 is 2.12 bits per heavy atom. The molecule has 0 bridgehead atoms. The van der Waals surface area contributed by atoms with Gasteiger partial charge in [-0.2, -0.15) is 5.10 Å². The van der Waals surface area contributed by atoms with Gasteiger partial charge in [-0.15, -0.1) is 11.3 Å². The molecule has 0 spiro atoms. The lowest BCUT2D eigenvalue weighted by Crippen LogP contribution is -2.11. The average molecular weight is 451 g/mol. The number of methoxy groups -OCH3 is 1. The normalized spacial score (nSPS) is 13.8. The number of fused-ring (bicyclic) bond motifs is 2. The highest BCUT2D eigenvalue weighted by molar-refractivity contribution is 7.22. The summed E-state index contributed by atoms with van der Waals surface area (Å²) in [6.45, 7) is 4.85. The number of carbonyl (C=O) groups is 1. The third-order valence-electron chi connectivity index (χ3n) is 5.93. The summed E-state index contributed by atoms with van der Waals surface area (Å²) in [7, 11) is 1.68. The van der Waals surface area contributed by atoms with E-state index < -0.39 is 0 Å². The number of nitrogens with zero attached hydrogens (tertiary/aromatic N) is 3. The van der Waals surface area contributed by atoms with Crippen molar-refractivity contribution in [3.63, 3.8) is 0 Å². The number of nitrogens with two attached hydrogens (primary N) is 1. The van der Waals surface area contributed by atoms with Crippen LogP contribution in [-0.4, -0.2) is 34.1 Å². The summed E-state index contributed by atoms with van der Waals surface area (Å²) in [5, 5.41) is 5.52. The van der Waals surface area contributed by atoms with Crippen molar-refractivity contribution < 1.29 is 14.3 Å². The Morgan fingerprint density at radius 3 is 2.84 bits per heavy atom. The molecule has 1 saturated carbocycles. The molecule has 8 heteroatoms. The second-order valence-corrected chi connectivity index (χ2v) is 9.36. The first-order valence-corrected chi connectivity index (χ1v) is 11.7. The highest BCUT2D eigenvalue weighted by Crippen LogP contribution is 2.45. The van der Waals surface area contributed by atoms with Gasteiger partial charge in [0.15, 0.2) is 11.6 Å². The van der Waals surface area contributed by atoms with Gasteiger partial charge >= 0.3 is 0 Å². The Hall–Kier alpha value is -2.97. The lowest BCUT2D eigenvalue weighted by atomic mass is 10.0. The van der Waals surface area contributed by atoms with E-state index in [1.807, 2.05) is 19.9 Å². The SMILES string of the molecule is CCOCc1c(-c2cc3cc(C)cc(OC)c3s2)c2c(N)ncnn2c1C(=O)CC1CC1. The molecule has 0 unspecified atom stereocenters. The zero-order valence-electron chi connectivity index (χ0n) is 18.5. The second kappa shape index (κ2) is 8.18. The maximum absolute atomic E-state index is 13.4. The number of ketones is 1. The molecule has 1 aliphatic rings. The van der Waals surface area contributed by atoms with Crippen LogP contribution in [0.2, 0.25) is 0 Å². The molecule has 7 nitrogen and oxygen atoms in total. The van der Waals surface area contributed by atoms with Gasteiger partial charge in [-0.1, -0.05) is 6.07 Å². The number of anilines is 1. The first-order valence-electron chi connectivity index (χ1n) is 10.8. The van der Waals surface area contributed by atoms with E-state index in [9.17, 15) is 4.79 Å². The smallest absolute Gasteiger partial charge is 0.181 e. The first kappa shape index (κ1) is 20.9. The van der Waals surface area contributed by atoms with Crippen molar-refractivity contribution in [3.05, 3.63) is 41.3 Å². The van der Waals surface area contributed by atoms with Gasteiger partial charge in [0.1, 0.15) is 23.3 Å². The fourth-order valence-corrected chi connectivity index (χ4v) is 5.48. The fourth-order valence-electron chi connectivity index (χ4n) is 4.28. The van der Waals surface area contributed by atoms with Gasteiger partial charge in [0.2, 0.25) is 0 Å². The lowest BCUT2D eigenvalue weighted by Gasteiger charge is -2.06. The van der Waals surface area contributed by atoms with Crippen LogP contribution >= 0.6 is 11.3 Å². The predicted molar refractivity (Wildman–Crippen MR) is 127 cm³/mol. The van der Waals surface area contributed by atoms with Gasteiger partial charge in [-0.3, -0.25) is 4.79 Å². The van der Waals surface area contributed by atoms with Crippen LogP contribution in [0.25, 0.3) is 26.0 Å². The van der Waals surface area contributed by atoms with E-state index in [-0.39, 0.29) is 5.78 Å². The maximum Gasteiger partial charge on any atom is 0.181 e. The number of ether oxygens (including phenoxy) is 2. The number of hydrogen-bond donors (Lipinski definition) is 1. The van der Waals surface area contributed by atoms with E-state index in [1.54, 1.807) is 23.0 Å². The minimum atomic E-state index is 0.0797. The van der Waals surface area contributed by atoms with Gasteiger partial charge in [0, 0.05) is 29.0 Å². The topological polar surface area (TPSA) is 91.7 Å². The predicted octanol–water partition coefficient (Wildman–Crippen LogP) is 5.03.